The van der Waals surface area contributed by atoms with E-state index in [1.807, 2.05) is 0 Å². The molecule has 1 amide bonds. The Morgan fingerprint density at radius 1 is 0.974 bits per heavy atom. The molecule has 1 aromatic heterocycles. The van der Waals surface area contributed by atoms with Crippen molar-refractivity contribution < 1.29 is 36.2 Å². The molecule has 4 aromatic rings. The van der Waals surface area contributed by atoms with Gasteiger partial charge < -0.3 is 9.47 Å². The minimum absolute atomic E-state index is 0.00717. The fraction of sp³-hybridized carbons (Fsp3) is 0.143. The summed E-state index contributed by atoms with van der Waals surface area (Å²) in [5.74, 6) is -1.09. The number of carbonyl (C=O) groups excluding carboxylic acids is 1. The second-order valence-electron chi connectivity index (χ2n) is 8.28. The number of ether oxygens (including phenoxy) is 2. The van der Waals surface area contributed by atoms with Crippen LogP contribution < -0.4 is 10.1 Å². The minimum Gasteiger partial charge on any atom is -0.441 e. The molecule has 11 heteroatoms. The third kappa shape index (κ3) is 6.64. The lowest BCUT2D eigenvalue weighted by atomic mass is 9.92. The zero-order chi connectivity index (χ0) is 28.2. The van der Waals surface area contributed by atoms with E-state index in [0.717, 1.165) is 12.1 Å². The normalized spacial score (nSPS) is 12.2. The van der Waals surface area contributed by atoms with Crippen molar-refractivity contribution in [2.75, 3.05) is 5.32 Å². The molecular formula is C28H20ClF5N2O3. The predicted molar refractivity (Wildman–Crippen MR) is 137 cm³/mol. The first-order valence-electron chi connectivity index (χ1n) is 11.5. The summed E-state index contributed by atoms with van der Waals surface area (Å²) in [7, 11) is 0. The van der Waals surface area contributed by atoms with Gasteiger partial charge in [-0.2, -0.15) is 17.6 Å². The maximum Gasteiger partial charge on any atom is 0.461 e. The number of nitrogens with one attached hydrogen (secondary N) is 1. The number of aromatic nitrogens is 1. The summed E-state index contributed by atoms with van der Waals surface area (Å²) in [6, 6.07) is 18.7. The van der Waals surface area contributed by atoms with Crippen molar-refractivity contribution in [1.29, 1.82) is 0 Å². The zero-order valence-corrected chi connectivity index (χ0v) is 20.9. The van der Waals surface area contributed by atoms with Crippen LogP contribution in [0, 0.1) is 5.82 Å². The van der Waals surface area contributed by atoms with Crippen LogP contribution in [0.4, 0.5) is 32.4 Å². The van der Waals surface area contributed by atoms with Crippen molar-refractivity contribution in [2.45, 2.75) is 25.6 Å². The first-order valence-corrected chi connectivity index (χ1v) is 11.9. The van der Waals surface area contributed by atoms with Crippen molar-refractivity contribution in [1.82, 2.24) is 4.98 Å². The summed E-state index contributed by atoms with van der Waals surface area (Å²) in [6.07, 6.45) is -9.71. The van der Waals surface area contributed by atoms with E-state index in [2.05, 4.69) is 10.3 Å². The molecule has 0 radical (unpaired) electrons. The molecule has 0 saturated carbocycles. The fourth-order valence-corrected chi connectivity index (χ4v) is 3.88. The number of carbonyl (C=O) groups is 1. The van der Waals surface area contributed by atoms with Gasteiger partial charge in [0.2, 0.25) is 0 Å². The Morgan fingerprint density at radius 2 is 1.67 bits per heavy atom. The molecule has 0 bridgehead atoms. The van der Waals surface area contributed by atoms with Crippen LogP contribution >= 0.6 is 11.6 Å². The summed E-state index contributed by atoms with van der Waals surface area (Å²) in [4.78, 5) is 16.7. The standard InChI is InChI=1S/C28H20ClF5N2O3/c1-16(38-27(37)36-20-10-8-19(30)9-11-20)21-12-13-22(23-14-7-18(29)15-35-23)25(39-28(33,34)26(31)32)24(21)17-5-3-2-4-6-17/h2-16,26H,1H3,(H,36,37)/t16-/m0/s1. The van der Waals surface area contributed by atoms with Gasteiger partial charge in [0.1, 0.15) is 17.7 Å². The topological polar surface area (TPSA) is 60.5 Å². The molecule has 1 atom stereocenters. The summed E-state index contributed by atoms with van der Waals surface area (Å²) in [5.41, 5.74) is 0.878. The van der Waals surface area contributed by atoms with Crippen LogP contribution in [0.15, 0.2) is 85.1 Å². The molecule has 1 heterocycles. The van der Waals surface area contributed by atoms with Gasteiger partial charge in [-0.15, -0.1) is 0 Å². The number of halogens is 6. The van der Waals surface area contributed by atoms with Crippen LogP contribution in [0.1, 0.15) is 18.6 Å². The molecule has 0 unspecified atom stereocenters. The van der Waals surface area contributed by atoms with E-state index in [1.165, 1.54) is 49.5 Å². The van der Waals surface area contributed by atoms with Crippen LogP contribution in [0.25, 0.3) is 22.4 Å². The summed E-state index contributed by atoms with van der Waals surface area (Å²) >= 11 is 5.91. The average Bonchev–Trinajstić information content (AvgIpc) is 2.90. The number of pyridine rings is 1. The number of alkyl halides is 4. The van der Waals surface area contributed by atoms with Crippen LogP contribution in [-0.2, 0) is 4.74 Å². The van der Waals surface area contributed by atoms with Crippen LogP contribution in [-0.4, -0.2) is 23.6 Å². The first-order chi connectivity index (χ1) is 18.5. The Labute approximate surface area is 225 Å². The van der Waals surface area contributed by atoms with E-state index in [9.17, 15) is 26.7 Å². The van der Waals surface area contributed by atoms with Gasteiger partial charge in [-0.1, -0.05) is 48.0 Å². The molecular weight excluding hydrogens is 543 g/mol. The van der Waals surface area contributed by atoms with E-state index in [1.54, 1.807) is 30.3 Å². The lowest BCUT2D eigenvalue weighted by Gasteiger charge is -2.25. The van der Waals surface area contributed by atoms with Crippen molar-refractivity contribution in [3.05, 3.63) is 101 Å². The predicted octanol–water partition coefficient (Wildman–Crippen LogP) is 8.75. The van der Waals surface area contributed by atoms with E-state index in [-0.39, 0.29) is 33.1 Å². The molecule has 0 aliphatic rings. The smallest absolute Gasteiger partial charge is 0.441 e. The lowest BCUT2D eigenvalue weighted by Crippen LogP contribution is -2.34. The Bertz CT molecular complexity index is 1440. The molecule has 1 N–H and O–H groups in total. The quantitative estimate of drug-likeness (QED) is 0.218. The summed E-state index contributed by atoms with van der Waals surface area (Å²) < 4.78 is 78.6. The van der Waals surface area contributed by atoms with Crippen molar-refractivity contribution in [3.8, 4) is 28.1 Å². The van der Waals surface area contributed by atoms with E-state index in [0.29, 0.717) is 5.56 Å². The minimum atomic E-state index is -4.85. The number of hydrogen-bond acceptors (Lipinski definition) is 4. The highest BCUT2D eigenvalue weighted by Crippen LogP contribution is 2.46. The molecule has 202 valence electrons. The highest BCUT2D eigenvalue weighted by atomic mass is 35.5. The Morgan fingerprint density at radius 3 is 2.28 bits per heavy atom. The van der Waals surface area contributed by atoms with Crippen molar-refractivity contribution in [3.63, 3.8) is 0 Å². The lowest BCUT2D eigenvalue weighted by molar-refractivity contribution is -0.252. The molecule has 0 spiro atoms. The van der Waals surface area contributed by atoms with Gasteiger partial charge in [0.05, 0.1) is 10.7 Å². The number of hydrogen-bond donors (Lipinski definition) is 1. The highest BCUT2D eigenvalue weighted by Gasteiger charge is 2.45. The molecule has 0 fully saturated rings. The molecule has 0 aliphatic heterocycles. The Balaban J connectivity index is 1.82. The van der Waals surface area contributed by atoms with Gasteiger partial charge in [0, 0.05) is 28.6 Å². The Hall–Kier alpha value is -4.18. The number of nitrogens with zero attached hydrogens (tertiary/aromatic N) is 1. The zero-order valence-electron chi connectivity index (χ0n) is 20.2. The molecule has 3 aromatic carbocycles. The van der Waals surface area contributed by atoms with Crippen LogP contribution in [0.2, 0.25) is 5.02 Å². The van der Waals surface area contributed by atoms with Gasteiger partial charge in [0.25, 0.3) is 0 Å². The van der Waals surface area contributed by atoms with Gasteiger partial charge >= 0.3 is 18.6 Å². The monoisotopic (exact) mass is 562 g/mol. The largest absolute Gasteiger partial charge is 0.461 e. The van der Waals surface area contributed by atoms with Gasteiger partial charge in [0.15, 0.2) is 0 Å². The second-order valence-corrected chi connectivity index (χ2v) is 8.71. The number of benzene rings is 3. The summed E-state index contributed by atoms with van der Waals surface area (Å²) in [5, 5.41) is 2.71. The number of anilines is 1. The maximum absolute atomic E-state index is 14.4. The third-order valence-corrected chi connectivity index (χ3v) is 5.78. The second kappa shape index (κ2) is 11.7. The fourth-order valence-electron chi connectivity index (χ4n) is 3.77. The van der Waals surface area contributed by atoms with E-state index in [4.69, 9.17) is 21.1 Å². The van der Waals surface area contributed by atoms with Gasteiger partial charge in [-0.25, -0.2) is 9.18 Å². The van der Waals surface area contributed by atoms with Crippen molar-refractivity contribution in [2.24, 2.45) is 0 Å². The SMILES string of the molecule is C[C@H](OC(=O)Nc1ccc(F)cc1)c1ccc(-c2ccc(Cl)cn2)c(OC(F)(F)C(F)F)c1-c1ccccc1. The summed E-state index contributed by atoms with van der Waals surface area (Å²) in [6.45, 7) is 1.47. The van der Waals surface area contributed by atoms with Gasteiger partial charge in [-0.3, -0.25) is 10.3 Å². The first kappa shape index (κ1) is 27.8. The van der Waals surface area contributed by atoms with E-state index >= 15 is 0 Å². The van der Waals surface area contributed by atoms with Crippen LogP contribution in [0.3, 0.4) is 0 Å². The van der Waals surface area contributed by atoms with Crippen LogP contribution in [0.5, 0.6) is 5.75 Å². The molecule has 0 aliphatic carbocycles. The van der Waals surface area contributed by atoms with Crippen molar-refractivity contribution >= 4 is 23.4 Å². The molecule has 0 saturated heterocycles. The number of rotatable bonds is 8. The van der Waals surface area contributed by atoms with Gasteiger partial charge in [-0.05, 0) is 55.0 Å². The number of amides is 1. The maximum atomic E-state index is 14.4. The molecule has 39 heavy (non-hydrogen) atoms. The molecule has 4 rings (SSSR count). The highest BCUT2D eigenvalue weighted by molar-refractivity contribution is 6.30. The molecule has 5 nitrogen and oxygen atoms in total. The third-order valence-electron chi connectivity index (χ3n) is 5.56. The van der Waals surface area contributed by atoms with E-state index < -0.39 is 36.3 Å². The Kier molecular flexibility index (Phi) is 8.35. The average molecular weight is 563 g/mol.